The van der Waals surface area contributed by atoms with Crippen LogP contribution in [0.2, 0.25) is 5.02 Å². The van der Waals surface area contributed by atoms with Crippen LogP contribution in [0.3, 0.4) is 0 Å². The second-order valence-electron chi connectivity index (χ2n) is 10.4. The summed E-state index contributed by atoms with van der Waals surface area (Å²) in [5.74, 6) is 0.175. The highest BCUT2D eigenvalue weighted by Crippen LogP contribution is 2.47. The Kier molecular flexibility index (Phi) is 7.57. The number of anilines is 1. The van der Waals surface area contributed by atoms with E-state index in [0.29, 0.717) is 41.2 Å². The largest absolute Gasteiger partial charge is 0.489 e. The standard InChI is InChI=1S/C32H29ClN4O4/c1-18-12-21(17-41-29-11-10-22(33)14-19(29)2)20(3)25(13-18)30-26(16-34)32(35)36(27-8-5-9-28(38)31(27)30)23-6-4-7-24(15-23)37(39)40/h4,6-7,10-15,30H,5,8-9,17,35H2,1-3H3. The Morgan fingerprint density at radius 3 is 2.63 bits per heavy atom. The van der Waals surface area contributed by atoms with E-state index in [1.807, 2.05) is 45.0 Å². The minimum atomic E-state index is -0.659. The van der Waals surface area contributed by atoms with Crippen molar-refractivity contribution in [3.05, 3.63) is 120 Å². The van der Waals surface area contributed by atoms with Gasteiger partial charge in [0, 0.05) is 34.8 Å². The first-order valence-corrected chi connectivity index (χ1v) is 13.7. The van der Waals surface area contributed by atoms with Gasteiger partial charge in [0.05, 0.1) is 28.2 Å². The molecule has 8 nitrogen and oxygen atoms in total. The van der Waals surface area contributed by atoms with E-state index in [1.165, 1.54) is 12.1 Å². The van der Waals surface area contributed by atoms with Gasteiger partial charge in [-0.15, -0.1) is 0 Å². The number of nitro benzene ring substituents is 1. The molecule has 0 aromatic heterocycles. The number of nitro groups is 1. The molecule has 3 aromatic carbocycles. The van der Waals surface area contributed by atoms with Gasteiger partial charge in [0.1, 0.15) is 18.2 Å². The lowest BCUT2D eigenvalue weighted by Crippen LogP contribution is -2.39. The summed E-state index contributed by atoms with van der Waals surface area (Å²) < 4.78 is 6.16. The number of halogens is 1. The van der Waals surface area contributed by atoms with Gasteiger partial charge in [0.15, 0.2) is 5.78 Å². The summed E-state index contributed by atoms with van der Waals surface area (Å²) in [6, 6.07) is 17.9. The van der Waals surface area contributed by atoms with Crippen molar-refractivity contribution in [2.75, 3.05) is 4.90 Å². The second-order valence-corrected chi connectivity index (χ2v) is 10.9. The van der Waals surface area contributed by atoms with E-state index in [-0.39, 0.29) is 29.5 Å². The van der Waals surface area contributed by atoms with Gasteiger partial charge < -0.3 is 10.5 Å². The molecule has 208 valence electrons. The first-order chi connectivity index (χ1) is 19.6. The molecule has 1 heterocycles. The number of hydrogen-bond donors (Lipinski definition) is 1. The Morgan fingerprint density at radius 2 is 1.93 bits per heavy atom. The van der Waals surface area contributed by atoms with E-state index in [1.54, 1.807) is 23.1 Å². The van der Waals surface area contributed by atoms with E-state index in [2.05, 4.69) is 6.07 Å². The van der Waals surface area contributed by atoms with Gasteiger partial charge in [-0.05, 0) is 80.1 Å². The van der Waals surface area contributed by atoms with Crippen LogP contribution in [0, 0.1) is 42.2 Å². The molecule has 1 aliphatic carbocycles. The van der Waals surface area contributed by atoms with E-state index in [4.69, 9.17) is 22.1 Å². The number of benzene rings is 3. The van der Waals surface area contributed by atoms with Crippen LogP contribution in [-0.2, 0) is 11.4 Å². The zero-order valence-electron chi connectivity index (χ0n) is 23.0. The molecule has 0 amide bonds. The van der Waals surface area contributed by atoms with E-state index >= 15 is 0 Å². The van der Waals surface area contributed by atoms with Crippen LogP contribution in [0.25, 0.3) is 0 Å². The number of carbonyl (C=O) groups excluding carboxylic acids is 1. The zero-order chi connectivity index (χ0) is 29.4. The maximum atomic E-state index is 13.6. The molecule has 0 bridgehead atoms. The lowest BCUT2D eigenvalue weighted by atomic mass is 9.73. The molecule has 1 aliphatic heterocycles. The molecule has 1 unspecified atom stereocenters. The summed E-state index contributed by atoms with van der Waals surface area (Å²) in [5.41, 5.74) is 13.0. The van der Waals surface area contributed by atoms with Crippen LogP contribution >= 0.6 is 11.6 Å². The minimum absolute atomic E-state index is 0.0533. The topological polar surface area (TPSA) is 122 Å². The molecule has 0 saturated carbocycles. The Labute approximate surface area is 243 Å². The first kappa shape index (κ1) is 27.9. The molecule has 2 aliphatic rings. The van der Waals surface area contributed by atoms with Crippen molar-refractivity contribution < 1.29 is 14.5 Å². The molecule has 0 radical (unpaired) electrons. The summed E-state index contributed by atoms with van der Waals surface area (Å²) >= 11 is 6.10. The van der Waals surface area contributed by atoms with Crippen molar-refractivity contribution in [2.45, 2.75) is 52.6 Å². The van der Waals surface area contributed by atoms with Crippen LogP contribution in [-0.4, -0.2) is 10.7 Å². The highest BCUT2D eigenvalue weighted by atomic mass is 35.5. The molecule has 3 aromatic rings. The number of ether oxygens (including phenoxy) is 1. The predicted octanol–water partition coefficient (Wildman–Crippen LogP) is 7.06. The monoisotopic (exact) mass is 568 g/mol. The highest BCUT2D eigenvalue weighted by molar-refractivity contribution is 6.30. The maximum absolute atomic E-state index is 13.6. The van der Waals surface area contributed by atoms with Gasteiger partial charge in [0.2, 0.25) is 0 Å². The summed E-state index contributed by atoms with van der Waals surface area (Å²) in [7, 11) is 0. The third-order valence-electron chi connectivity index (χ3n) is 7.74. The van der Waals surface area contributed by atoms with Gasteiger partial charge in [-0.3, -0.25) is 19.8 Å². The molecule has 41 heavy (non-hydrogen) atoms. The molecule has 0 fully saturated rings. The van der Waals surface area contributed by atoms with Gasteiger partial charge in [-0.25, -0.2) is 0 Å². The molecular weight excluding hydrogens is 540 g/mol. The number of nitriles is 1. The van der Waals surface area contributed by atoms with Crippen molar-refractivity contribution in [3.8, 4) is 11.8 Å². The van der Waals surface area contributed by atoms with Crippen molar-refractivity contribution in [3.63, 3.8) is 0 Å². The third kappa shape index (κ3) is 5.17. The number of aryl methyl sites for hydroxylation is 2. The summed E-state index contributed by atoms with van der Waals surface area (Å²) in [6.07, 6.45) is 1.53. The number of allylic oxidation sites excluding steroid dienone is 3. The number of non-ortho nitro benzene ring substituents is 1. The van der Waals surface area contributed by atoms with Gasteiger partial charge in [-0.1, -0.05) is 35.4 Å². The maximum Gasteiger partial charge on any atom is 0.271 e. The van der Waals surface area contributed by atoms with E-state index in [0.717, 1.165) is 33.6 Å². The quantitative estimate of drug-likeness (QED) is 0.249. The molecule has 0 saturated heterocycles. The van der Waals surface area contributed by atoms with Crippen molar-refractivity contribution in [1.29, 1.82) is 5.26 Å². The SMILES string of the molecule is Cc1cc(COc2ccc(Cl)cc2C)c(C)c(C2C(C#N)=C(N)N(c3cccc([N+](=O)[O-])c3)C3=C2C(=O)CCC3)c1. The molecule has 9 heteroatoms. The third-order valence-corrected chi connectivity index (χ3v) is 7.98. The fraction of sp³-hybridized carbons (Fsp3) is 0.250. The second kappa shape index (κ2) is 11.1. The van der Waals surface area contributed by atoms with Crippen molar-refractivity contribution >= 4 is 28.8 Å². The first-order valence-electron chi connectivity index (χ1n) is 13.3. The summed E-state index contributed by atoms with van der Waals surface area (Å²) in [6.45, 7) is 6.15. The summed E-state index contributed by atoms with van der Waals surface area (Å²) in [5, 5.41) is 22.6. The lowest BCUT2D eigenvalue weighted by Gasteiger charge is -2.40. The number of rotatable bonds is 6. The van der Waals surface area contributed by atoms with Crippen LogP contribution in [0.15, 0.2) is 77.3 Å². The Hall–Kier alpha value is -4.61. The van der Waals surface area contributed by atoms with E-state index in [9.17, 15) is 20.2 Å². The number of Topliss-reactive ketones (excluding diaryl/α,β-unsaturated/α-hetero) is 1. The van der Waals surface area contributed by atoms with Crippen molar-refractivity contribution in [2.24, 2.45) is 5.73 Å². The van der Waals surface area contributed by atoms with Crippen molar-refractivity contribution in [1.82, 2.24) is 0 Å². The number of nitrogens with zero attached hydrogens (tertiary/aromatic N) is 3. The number of nitrogens with two attached hydrogens (primary N) is 1. The fourth-order valence-corrected chi connectivity index (χ4v) is 6.01. The Bertz CT molecular complexity index is 1700. The average molecular weight is 569 g/mol. The van der Waals surface area contributed by atoms with Crippen LogP contribution in [0.4, 0.5) is 11.4 Å². The smallest absolute Gasteiger partial charge is 0.271 e. The van der Waals surface area contributed by atoms with Gasteiger partial charge in [0.25, 0.3) is 5.69 Å². The van der Waals surface area contributed by atoms with Crippen LogP contribution in [0.1, 0.15) is 53.0 Å². The molecular formula is C32H29ClN4O4. The van der Waals surface area contributed by atoms with Crippen LogP contribution < -0.4 is 15.4 Å². The highest BCUT2D eigenvalue weighted by Gasteiger charge is 2.41. The zero-order valence-corrected chi connectivity index (χ0v) is 23.8. The van der Waals surface area contributed by atoms with E-state index < -0.39 is 10.8 Å². The number of ketones is 1. The molecule has 1 atom stereocenters. The molecule has 0 spiro atoms. The summed E-state index contributed by atoms with van der Waals surface area (Å²) in [4.78, 5) is 26.3. The molecule has 2 N–H and O–H groups in total. The normalized spacial score (nSPS) is 16.9. The predicted molar refractivity (Wildman–Crippen MR) is 157 cm³/mol. The fourth-order valence-electron chi connectivity index (χ4n) is 5.78. The van der Waals surface area contributed by atoms with Gasteiger partial charge in [-0.2, -0.15) is 5.26 Å². The Morgan fingerprint density at radius 1 is 1.15 bits per heavy atom. The Balaban J connectivity index is 1.63. The molecule has 5 rings (SSSR count). The lowest BCUT2D eigenvalue weighted by molar-refractivity contribution is -0.384. The number of carbonyl (C=O) groups is 1. The average Bonchev–Trinajstić information content (AvgIpc) is 2.93. The van der Waals surface area contributed by atoms with Gasteiger partial charge >= 0.3 is 0 Å². The number of hydrogen-bond acceptors (Lipinski definition) is 7. The minimum Gasteiger partial charge on any atom is -0.489 e. The van der Waals surface area contributed by atoms with Crippen LogP contribution in [0.5, 0.6) is 5.75 Å².